The van der Waals surface area contributed by atoms with E-state index in [9.17, 15) is 4.79 Å². The maximum absolute atomic E-state index is 10.9. The number of aromatic carboxylic acids is 1. The highest BCUT2D eigenvalue weighted by molar-refractivity contribution is 5.87. The van der Waals surface area contributed by atoms with Gasteiger partial charge in [-0.05, 0) is 23.8 Å². The van der Waals surface area contributed by atoms with Crippen molar-refractivity contribution in [1.29, 1.82) is 0 Å². The van der Waals surface area contributed by atoms with Crippen molar-refractivity contribution in [1.82, 2.24) is 4.98 Å². The molecule has 0 aliphatic heterocycles. The van der Waals surface area contributed by atoms with Crippen LogP contribution in [0.3, 0.4) is 0 Å². The number of hydrogen-bond acceptors (Lipinski definition) is 4. The monoisotopic (exact) mass is 258 g/mol. The lowest BCUT2D eigenvalue weighted by molar-refractivity contribution is 0.0697. The summed E-state index contributed by atoms with van der Waals surface area (Å²) in [6.07, 6.45) is 1.67. The molecule has 1 heterocycles. The van der Waals surface area contributed by atoms with Gasteiger partial charge in [0, 0.05) is 12.6 Å². The fourth-order valence-corrected chi connectivity index (χ4v) is 1.62. The summed E-state index contributed by atoms with van der Waals surface area (Å²) in [7, 11) is 1.56. The summed E-state index contributed by atoms with van der Waals surface area (Å²) >= 11 is 0. The average Bonchev–Trinajstić information content (AvgIpc) is 2.46. The molecule has 5 nitrogen and oxygen atoms in total. The Morgan fingerprint density at radius 2 is 2.21 bits per heavy atom. The number of hydrogen-bond donors (Lipinski definition) is 2. The molecular formula is C14H14N2O3. The average molecular weight is 258 g/mol. The summed E-state index contributed by atoms with van der Waals surface area (Å²) in [5.74, 6) is -0.369. The Morgan fingerprint density at radius 3 is 2.84 bits per heavy atom. The Hall–Kier alpha value is -2.56. The molecule has 0 unspecified atom stereocenters. The molecule has 2 aromatic rings. The highest BCUT2D eigenvalue weighted by Crippen LogP contribution is 2.13. The first-order valence-electron chi connectivity index (χ1n) is 5.75. The fraction of sp³-hybridized carbons (Fsp3) is 0.143. The standard InChI is InChI=1S/C14H14N2O3/c1-19-13-6-5-12(9-16-13)15-8-10-3-2-4-11(7-10)14(17)18/h2-7,9,15H,8H2,1H3,(H,17,18). The van der Waals surface area contributed by atoms with Gasteiger partial charge in [0.1, 0.15) is 0 Å². The molecule has 1 aromatic carbocycles. The van der Waals surface area contributed by atoms with Gasteiger partial charge in [0.25, 0.3) is 0 Å². The Morgan fingerprint density at radius 1 is 1.37 bits per heavy atom. The lowest BCUT2D eigenvalue weighted by Gasteiger charge is -2.07. The second-order valence-corrected chi connectivity index (χ2v) is 3.95. The predicted molar refractivity (Wildman–Crippen MR) is 71.5 cm³/mol. The number of benzene rings is 1. The van der Waals surface area contributed by atoms with Crippen molar-refractivity contribution in [3.05, 3.63) is 53.7 Å². The van der Waals surface area contributed by atoms with Gasteiger partial charge in [-0.2, -0.15) is 0 Å². The lowest BCUT2D eigenvalue weighted by Crippen LogP contribution is -2.02. The summed E-state index contributed by atoms with van der Waals surface area (Å²) < 4.78 is 4.97. The first-order valence-corrected chi connectivity index (χ1v) is 5.75. The van der Waals surface area contributed by atoms with E-state index in [1.54, 1.807) is 37.6 Å². The van der Waals surface area contributed by atoms with Gasteiger partial charge in [-0.25, -0.2) is 9.78 Å². The Balaban J connectivity index is 2.01. The number of carbonyl (C=O) groups is 1. The van der Waals surface area contributed by atoms with Gasteiger partial charge in [-0.3, -0.25) is 0 Å². The molecule has 0 bridgehead atoms. The van der Waals surface area contributed by atoms with E-state index in [0.29, 0.717) is 12.4 Å². The third kappa shape index (κ3) is 3.45. The largest absolute Gasteiger partial charge is 0.481 e. The highest BCUT2D eigenvalue weighted by Gasteiger charge is 2.03. The predicted octanol–water partition coefficient (Wildman–Crippen LogP) is 2.40. The zero-order valence-electron chi connectivity index (χ0n) is 10.5. The molecule has 0 aliphatic carbocycles. The molecule has 19 heavy (non-hydrogen) atoms. The number of anilines is 1. The van der Waals surface area contributed by atoms with E-state index >= 15 is 0 Å². The highest BCUT2D eigenvalue weighted by atomic mass is 16.5. The van der Waals surface area contributed by atoms with E-state index in [2.05, 4.69) is 10.3 Å². The van der Waals surface area contributed by atoms with Crippen LogP contribution >= 0.6 is 0 Å². The molecule has 5 heteroatoms. The molecule has 1 aromatic heterocycles. The van der Waals surface area contributed by atoms with Gasteiger partial charge in [0.2, 0.25) is 5.88 Å². The van der Waals surface area contributed by atoms with Gasteiger partial charge in [0.15, 0.2) is 0 Å². The van der Waals surface area contributed by atoms with Crippen LogP contribution in [0.25, 0.3) is 0 Å². The molecule has 0 atom stereocenters. The minimum atomic E-state index is -0.923. The van der Waals surface area contributed by atoms with Crippen LogP contribution in [0, 0.1) is 0 Å². The first kappa shape index (κ1) is 12.9. The summed E-state index contributed by atoms with van der Waals surface area (Å²) in [6.45, 7) is 0.537. The topological polar surface area (TPSA) is 71.5 Å². The number of nitrogens with zero attached hydrogens (tertiary/aromatic N) is 1. The zero-order valence-corrected chi connectivity index (χ0v) is 10.5. The van der Waals surface area contributed by atoms with E-state index in [4.69, 9.17) is 9.84 Å². The van der Waals surface area contributed by atoms with E-state index < -0.39 is 5.97 Å². The summed E-state index contributed by atoms with van der Waals surface area (Å²) in [5, 5.41) is 12.1. The summed E-state index contributed by atoms with van der Waals surface area (Å²) in [4.78, 5) is 14.9. The maximum atomic E-state index is 10.9. The number of carboxylic acid groups (broad SMARTS) is 1. The first-order chi connectivity index (χ1) is 9.19. The van der Waals surface area contributed by atoms with Crippen molar-refractivity contribution >= 4 is 11.7 Å². The van der Waals surface area contributed by atoms with E-state index in [0.717, 1.165) is 11.3 Å². The molecule has 0 aliphatic rings. The zero-order chi connectivity index (χ0) is 13.7. The number of methoxy groups -OCH3 is 1. The van der Waals surface area contributed by atoms with Crippen LogP contribution in [-0.2, 0) is 6.54 Å². The van der Waals surface area contributed by atoms with Crippen molar-refractivity contribution in [2.75, 3.05) is 12.4 Å². The molecule has 2 rings (SSSR count). The van der Waals surface area contributed by atoms with Crippen molar-refractivity contribution in [2.24, 2.45) is 0 Å². The lowest BCUT2D eigenvalue weighted by atomic mass is 10.1. The van der Waals surface area contributed by atoms with Gasteiger partial charge in [0.05, 0.1) is 24.6 Å². The minimum absolute atomic E-state index is 0.284. The van der Waals surface area contributed by atoms with Crippen LogP contribution in [0.4, 0.5) is 5.69 Å². The molecule has 0 saturated carbocycles. The molecule has 0 fully saturated rings. The van der Waals surface area contributed by atoms with Crippen LogP contribution in [0.5, 0.6) is 5.88 Å². The van der Waals surface area contributed by atoms with E-state index in [-0.39, 0.29) is 5.56 Å². The van der Waals surface area contributed by atoms with Gasteiger partial charge in [-0.1, -0.05) is 12.1 Å². The number of ether oxygens (including phenoxy) is 1. The van der Waals surface area contributed by atoms with Crippen LogP contribution in [0.15, 0.2) is 42.6 Å². The van der Waals surface area contributed by atoms with Crippen molar-refractivity contribution in [2.45, 2.75) is 6.54 Å². The van der Waals surface area contributed by atoms with Crippen LogP contribution in [-0.4, -0.2) is 23.2 Å². The normalized spacial score (nSPS) is 9.95. The molecular weight excluding hydrogens is 244 g/mol. The Bertz CT molecular complexity index is 567. The number of rotatable bonds is 5. The fourth-order valence-electron chi connectivity index (χ4n) is 1.62. The van der Waals surface area contributed by atoms with Gasteiger partial charge < -0.3 is 15.2 Å². The number of carboxylic acids is 1. The SMILES string of the molecule is COc1ccc(NCc2cccc(C(=O)O)c2)cn1. The van der Waals surface area contributed by atoms with Crippen LogP contribution in [0.2, 0.25) is 0 Å². The molecule has 2 N–H and O–H groups in total. The molecule has 0 spiro atoms. The number of nitrogens with one attached hydrogen (secondary N) is 1. The van der Waals surface area contributed by atoms with Crippen LogP contribution < -0.4 is 10.1 Å². The minimum Gasteiger partial charge on any atom is -0.481 e. The second-order valence-electron chi connectivity index (χ2n) is 3.95. The third-order valence-corrected chi connectivity index (χ3v) is 2.62. The maximum Gasteiger partial charge on any atom is 0.335 e. The number of aromatic nitrogens is 1. The van der Waals surface area contributed by atoms with Crippen LogP contribution in [0.1, 0.15) is 15.9 Å². The van der Waals surface area contributed by atoms with Crippen molar-refractivity contribution < 1.29 is 14.6 Å². The third-order valence-electron chi connectivity index (χ3n) is 2.62. The molecule has 0 saturated heterocycles. The quantitative estimate of drug-likeness (QED) is 0.861. The number of pyridine rings is 1. The molecule has 98 valence electrons. The van der Waals surface area contributed by atoms with Crippen molar-refractivity contribution in [3.63, 3.8) is 0 Å². The Labute approximate surface area is 110 Å². The molecule has 0 amide bonds. The summed E-state index contributed by atoms with van der Waals surface area (Å²) in [5.41, 5.74) is 2.03. The van der Waals surface area contributed by atoms with E-state index in [1.807, 2.05) is 12.1 Å². The van der Waals surface area contributed by atoms with E-state index in [1.165, 1.54) is 0 Å². The smallest absolute Gasteiger partial charge is 0.335 e. The Kier molecular flexibility index (Phi) is 3.97. The summed E-state index contributed by atoms with van der Waals surface area (Å²) in [6, 6.07) is 10.4. The van der Waals surface area contributed by atoms with Crippen molar-refractivity contribution in [3.8, 4) is 5.88 Å². The van der Waals surface area contributed by atoms with Gasteiger partial charge in [-0.15, -0.1) is 0 Å². The second kappa shape index (κ2) is 5.86. The van der Waals surface area contributed by atoms with Gasteiger partial charge >= 0.3 is 5.97 Å². The molecule has 0 radical (unpaired) electrons.